The summed E-state index contributed by atoms with van der Waals surface area (Å²) >= 11 is 5.90. The Hall–Kier alpha value is -1.71. The summed E-state index contributed by atoms with van der Waals surface area (Å²) in [5.74, 6) is 0.386. The second kappa shape index (κ2) is 11.4. The molecule has 2 N–H and O–H groups in total. The minimum Gasteiger partial charge on any atom is -0.368 e. The lowest BCUT2D eigenvalue weighted by Crippen LogP contribution is -2.64. The Bertz CT molecular complexity index is 1120. The number of nitrogens with one attached hydrogen (secondary N) is 2. The summed E-state index contributed by atoms with van der Waals surface area (Å²) in [6.07, 6.45) is 3.21. The molecule has 6 nitrogen and oxygen atoms in total. The van der Waals surface area contributed by atoms with Crippen LogP contribution in [-0.2, 0) is 23.0 Å². The van der Waals surface area contributed by atoms with E-state index in [4.69, 9.17) is 16.6 Å². The molecule has 2 aliphatic heterocycles. The Morgan fingerprint density at radius 2 is 1.82 bits per heavy atom. The van der Waals surface area contributed by atoms with Crippen molar-refractivity contribution in [3.63, 3.8) is 0 Å². The maximum Gasteiger partial charge on any atom is 0.243 e. The van der Waals surface area contributed by atoms with E-state index >= 15 is 0 Å². The van der Waals surface area contributed by atoms with Gasteiger partial charge in [0.2, 0.25) is 10.0 Å². The van der Waals surface area contributed by atoms with Gasteiger partial charge in [0.05, 0.1) is 22.0 Å². The van der Waals surface area contributed by atoms with E-state index in [2.05, 4.69) is 17.6 Å². The van der Waals surface area contributed by atoms with Gasteiger partial charge in [-0.05, 0) is 54.7 Å². The molecule has 0 unspecified atom stereocenters. The van der Waals surface area contributed by atoms with E-state index in [0.717, 1.165) is 36.3 Å². The number of halogens is 3. The monoisotopic (exact) mass is 528 g/mol. The summed E-state index contributed by atoms with van der Waals surface area (Å²) in [7, 11) is -3.54. The first kappa shape index (κ1) is 26.9. The summed E-state index contributed by atoms with van der Waals surface area (Å²) in [6, 6.07) is 11.9. The van der Waals surface area contributed by atoms with Gasteiger partial charge in [-0.25, -0.2) is 12.8 Å². The molecular weight excluding hydrogens is 498 g/mol. The zero-order valence-corrected chi connectivity index (χ0v) is 21.6. The molecule has 0 radical (unpaired) electrons. The fourth-order valence-electron chi connectivity index (χ4n) is 4.55. The van der Waals surface area contributed by atoms with Gasteiger partial charge in [-0.15, -0.1) is 12.4 Å². The molecule has 10 heteroatoms. The summed E-state index contributed by atoms with van der Waals surface area (Å²) in [4.78, 5) is 5.04. The predicted octanol–water partition coefficient (Wildman–Crippen LogP) is 4.17. The average molecular weight is 530 g/mol. The van der Waals surface area contributed by atoms with Gasteiger partial charge in [-0.1, -0.05) is 43.1 Å². The first-order valence-corrected chi connectivity index (χ1v) is 13.2. The standard InChI is InChI=1S/C24H30ClFN4O2S.ClH/c1-2-3-18-4-7-20(8-5-18)33(31,32)30-14-10-24(11-15-30)23(27-12-13-29-24)28-17-19-6-9-22(26)21(25)16-19;/h4-9,16,29H,2-3,10-15,17H2,1H3,(H,27,28);1H. The van der Waals surface area contributed by atoms with Crippen LogP contribution in [0, 0.1) is 5.82 Å². The third-order valence-electron chi connectivity index (χ3n) is 6.42. The average Bonchev–Trinajstić information content (AvgIpc) is 2.82. The van der Waals surface area contributed by atoms with Gasteiger partial charge >= 0.3 is 0 Å². The molecule has 2 aromatic rings. The van der Waals surface area contributed by atoms with Crippen LogP contribution in [-0.4, -0.2) is 50.3 Å². The van der Waals surface area contributed by atoms with Crippen LogP contribution in [0.15, 0.2) is 52.4 Å². The molecule has 0 atom stereocenters. The van der Waals surface area contributed by atoms with Crippen molar-refractivity contribution in [3.8, 4) is 0 Å². The first-order chi connectivity index (χ1) is 15.8. The van der Waals surface area contributed by atoms with Crippen molar-refractivity contribution in [1.82, 2.24) is 14.9 Å². The van der Waals surface area contributed by atoms with Crippen LogP contribution >= 0.6 is 24.0 Å². The van der Waals surface area contributed by atoms with Crippen LogP contribution in [0.5, 0.6) is 0 Å². The fraction of sp³-hybridized carbons (Fsp3) is 0.458. The Morgan fingerprint density at radius 3 is 2.47 bits per heavy atom. The van der Waals surface area contributed by atoms with Crippen molar-refractivity contribution in [2.24, 2.45) is 4.99 Å². The Labute approximate surface area is 212 Å². The lowest BCUT2D eigenvalue weighted by molar-refractivity contribution is 0.241. The molecular formula is C24H31Cl2FN4O2S. The molecule has 1 fully saturated rings. The Balaban J connectivity index is 0.00000324. The smallest absolute Gasteiger partial charge is 0.243 e. The third-order valence-corrected chi connectivity index (χ3v) is 8.62. The van der Waals surface area contributed by atoms with Crippen LogP contribution in [0.1, 0.15) is 37.3 Å². The number of nitrogens with zero attached hydrogens (tertiary/aromatic N) is 2. The fourth-order valence-corrected chi connectivity index (χ4v) is 6.19. The number of hydrogen-bond donors (Lipinski definition) is 2. The number of amidine groups is 1. The molecule has 0 amide bonds. The van der Waals surface area contributed by atoms with Crippen molar-refractivity contribution in [2.75, 3.05) is 26.2 Å². The molecule has 186 valence electrons. The number of aryl methyl sites for hydroxylation is 1. The van der Waals surface area contributed by atoms with Gasteiger partial charge in [0.1, 0.15) is 11.7 Å². The summed E-state index contributed by atoms with van der Waals surface area (Å²) < 4.78 is 41.4. The van der Waals surface area contributed by atoms with Gasteiger partial charge in [0, 0.05) is 26.2 Å². The normalized spacial score (nSPS) is 18.3. The van der Waals surface area contributed by atoms with Crippen LogP contribution in [0.4, 0.5) is 4.39 Å². The van der Waals surface area contributed by atoms with E-state index in [-0.39, 0.29) is 23.0 Å². The maximum absolute atomic E-state index is 13.4. The van der Waals surface area contributed by atoms with Gasteiger partial charge < -0.3 is 10.6 Å². The van der Waals surface area contributed by atoms with Crippen molar-refractivity contribution >= 4 is 39.9 Å². The summed E-state index contributed by atoms with van der Waals surface area (Å²) in [6.45, 7) is 4.80. The highest BCUT2D eigenvalue weighted by atomic mass is 35.5. The summed E-state index contributed by atoms with van der Waals surface area (Å²) in [5.41, 5.74) is 1.62. The van der Waals surface area contributed by atoms with Crippen LogP contribution in [0.25, 0.3) is 0 Å². The van der Waals surface area contributed by atoms with Crippen molar-refractivity contribution in [2.45, 2.75) is 49.6 Å². The van der Waals surface area contributed by atoms with E-state index in [9.17, 15) is 12.8 Å². The molecule has 0 aliphatic carbocycles. The molecule has 34 heavy (non-hydrogen) atoms. The molecule has 2 aliphatic rings. The molecule has 0 bridgehead atoms. The van der Waals surface area contributed by atoms with E-state index in [1.54, 1.807) is 28.6 Å². The number of sulfonamides is 1. The lowest BCUT2D eigenvalue weighted by Gasteiger charge is -2.44. The van der Waals surface area contributed by atoms with Crippen LogP contribution < -0.4 is 10.6 Å². The second-order valence-electron chi connectivity index (χ2n) is 8.64. The van der Waals surface area contributed by atoms with Crippen molar-refractivity contribution in [3.05, 3.63) is 64.4 Å². The molecule has 4 rings (SSSR count). The molecule has 1 spiro atoms. The van der Waals surface area contributed by atoms with Crippen molar-refractivity contribution in [1.29, 1.82) is 0 Å². The number of piperidine rings is 1. The second-order valence-corrected chi connectivity index (χ2v) is 11.0. The van der Waals surface area contributed by atoms with Gasteiger partial charge in [0.25, 0.3) is 0 Å². The Kier molecular flexibility index (Phi) is 8.98. The Morgan fingerprint density at radius 1 is 1.15 bits per heavy atom. The largest absolute Gasteiger partial charge is 0.368 e. The number of benzene rings is 2. The summed E-state index contributed by atoms with van der Waals surface area (Å²) in [5, 5.41) is 7.05. The lowest BCUT2D eigenvalue weighted by atomic mass is 9.85. The van der Waals surface area contributed by atoms with Crippen molar-refractivity contribution < 1.29 is 12.8 Å². The maximum atomic E-state index is 13.4. The van der Waals surface area contributed by atoms with Gasteiger partial charge in [-0.3, -0.25) is 4.99 Å². The zero-order chi connectivity index (χ0) is 23.5. The number of rotatable bonds is 6. The highest BCUT2D eigenvalue weighted by Gasteiger charge is 2.43. The van der Waals surface area contributed by atoms with E-state index < -0.39 is 15.8 Å². The molecule has 2 heterocycles. The molecule has 0 saturated carbocycles. The highest BCUT2D eigenvalue weighted by Crippen LogP contribution is 2.29. The number of hydrogen-bond acceptors (Lipinski definition) is 5. The quantitative estimate of drug-likeness (QED) is 0.590. The minimum absolute atomic E-state index is 0. The van der Waals surface area contributed by atoms with Gasteiger partial charge in [-0.2, -0.15) is 4.31 Å². The SMILES string of the molecule is CCCc1ccc(S(=O)(=O)N2CCC3(CC2)NCCN=C3NCc2ccc(F)c(Cl)c2)cc1.Cl. The molecule has 2 aromatic carbocycles. The van der Waals surface area contributed by atoms with Crippen LogP contribution in [0.3, 0.4) is 0 Å². The van der Waals surface area contributed by atoms with E-state index in [1.165, 1.54) is 6.07 Å². The zero-order valence-electron chi connectivity index (χ0n) is 19.2. The number of aliphatic imine (C=N–C) groups is 1. The highest BCUT2D eigenvalue weighted by molar-refractivity contribution is 7.89. The van der Waals surface area contributed by atoms with E-state index in [0.29, 0.717) is 43.9 Å². The third kappa shape index (κ3) is 5.74. The topological polar surface area (TPSA) is 73.8 Å². The van der Waals surface area contributed by atoms with E-state index in [1.807, 2.05) is 12.1 Å². The minimum atomic E-state index is -3.54. The molecule has 1 saturated heterocycles. The van der Waals surface area contributed by atoms with Crippen LogP contribution in [0.2, 0.25) is 5.02 Å². The molecule has 0 aromatic heterocycles. The van der Waals surface area contributed by atoms with Gasteiger partial charge in [0.15, 0.2) is 0 Å². The predicted molar refractivity (Wildman–Crippen MR) is 137 cm³/mol. The first-order valence-electron chi connectivity index (χ1n) is 11.4.